The highest BCUT2D eigenvalue weighted by atomic mass is 32.2. The molecular weight excluding hydrogens is 290 g/mol. The van der Waals surface area contributed by atoms with Gasteiger partial charge in [-0.05, 0) is 37.5 Å². The molecule has 0 aliphatic heterocycles. The van der Waals surface area contributed by atoms with E-state index in [0.29, 0.717) is 18.4 Å². The number of carboxylic acids is 1. The average molecular weight is 307 g/mol. The summed E-state index contributed by atoms with van der Waals surface area (Å²) in [5, 5.41) is 9.29. The summed E-state index contributed by atoms with van der Waals surface area (Å²) in [6.07, 6.45) is 6.55. The van der Waals surface area contributed by atoms with Crippen LogP contribution in [0.2, 0.25) is 0 Å². The summed E-state index contributed by atoms with van der Waals surface area (Å²) in [6, 6.07) is 5.04. The van der Waals surface area contributed by atoms with Gasteiger partial charge in [0, 0.05) is 0 Å². The van der Waals surface area contributed by atoms with Crippen LogP contribution in [0.3, 0.4) is 0 Å². The molecule has 0 saturated carbocycles. The number of nitrogens with one attached hydrogen (secondary N) is 1. The van der Waals surface area contributed by atoms with E-state index in [-0.39, 0.29) is 4.90 Å². The molecule has 1 aliphatic rings. The number of rotatable bonds is 5. The maximum atomic E-state index is 12.3. The molecule has 0 amide bonds. The van der Waals surface area contributed by atoms with Gasteiger partial charge in [0.05, 0.1) is 4.90 Å². The topological polar surface area (TPSA) is 83.5 Å². The van der Waals surface area contributed by atoms with Crippen molar-refractivity contribution in [3.63, 3.8) is 0 Å². The van der Waals surface area contributed by atoms with E-state index in [1.165, 1.54) is 12.1 Å². The molecule has 0 bridgehead atoms. The highest BCUT2D eigenvalue weighted by molar-refractivity contribution is 7.89. The van der Waals surface area contributed by atoms with Gasteiger partial charge < -0.3 is 5.11 Å². The molecule has 2 rings (SSSR count). The van der Waals surface area contributed by atoms with Gasteiger partial charge in [0.25, 0.3) is 0 Å². The number of sulfonamides is 1. The Hall–Kier alpha value is -1.92. The Balaban J connectivity index is 2.25. The van der Waals surface area contributed by atoms with E-state index < -0.39 is 22.0 Å². The van der Waals surface area contributed by atoms with E-state index in [9.17, 15) is 18.3 Å². The van der Waals surface area contributed by atoms with E-state index in [4.69, 9.17) is 0 Å². The largest absolute Gasteiger partial charge is 0.480 e. The first kappa shape index (κ1) is 15.5. The van der Waals surface area contributed by atoms with Crippen molar-refractivity contribution in [2.75, 3.05) is 0 Å². The molecule has 0 heterocycles. The quantitative estimate of drug-likeness (QED) is 0.815. The Morgan fingerprint density at radius 1 is 1.24 bits per heavy atom. The van der Waals surface area contributed by atoms with Gasteiger partial charge in [-0.25, -0.2) is 8.42 Å². The second-order valence-electron chi connectivity index (χ2n) is 4.90. The van der Waals surface area contributed by atoms with E-state index in [0.717, 1.165) is 5.56 Å². The van der Waals surface area contributed by atoms with Crippen LogP contribution < -0.4 is 4.72 Å². The third-order valence-corrected chi connectivity index (χ3v) is 4.70. The molecule has 2 N–H and O–H groups in total. The van der Waals surface area contributed by atoms with Crippen LogP contribution in [0.15, 0.2) is 53.0 Å². The van der Waals surface area contributed by atoms with Crippen molar-refractivity contribution in [3.05, 3.63) is 53.6 Å². The van der Waals surface area contributed by atoms with Gasteiger partial charge in [-0.2, -0.15) is 4.72 Å². The van der Waals surface area contributed by atoms with Crippen molar-refractivity contribution < 1.29 is 18.3 Å². The van der Waals surface area contributed by atoms with Gasteiger partial charge in [0.15, 0.2) is 0 Å². The number of aliphatic carboxylic acids is 1. The first-order chi connectivity index (χ1) is 9.90. The first-order valence-electron chi connectivity index (χ1n) is 6.56. The van der Waals surface area contributed by atoms with Crippen molar-refractivity contribution in [1.29, 1.82) is 0 Å². The van der Waals surface area contributed by atoms with Crippen LogP contribution in [0.5, 0.6) is 0 Å². The van der Waals surface area contributed by atoms with E-state index in [1.807, 2.05) is 19.1 Å². The normalized spacial score (nSPS) is 16.3. The minimum absolute atomic E-state index is 0.0614. The van der Waals surface area contributed by atoms with Crippen LogP contribution in [0.1, 0.15) is 18.4 Å². The molecule has 0 fully saturated rings. The van der Waals surface area contributed by atoms with Gasteiger partial charge in [-0.1, -0.05) is 35.9 Å². The third-order valence-electron chi connectivity index (χ3n) is 3.26. The molecule has 0 aromatic heterocycles. The number of carbonyl (C=O) groups is 1. The van der Waals surface area contributed by atoms with Gasteiger partial charge in [-0.3, -0.25) is 4.79 Å². The number of hydrogen-bond acceptors (Lipinski definition) is 3. The first-order valence-corrected chi connectivity index (χ1v) is 8.04. The Kier molecular flexibility index (Phi) is 4.59. The van der Waals surface area contributed by atoms with Crippen molar-refractivity contribution in [1.82, 2.24) is 4.72 Å². The zero-order valence-electron chi connectivity index (χ0n) is 11.6. The lowest BCUT2D eigenvalue weighted by Gasteiger charge is -2.19. The molecule has 1 aromatic carbocycles. The molecule has 6 heteroatoms. The predicted octanol–water partition coefficient (Wildman–Crippen LogP) is 2.00. The summed E-state index contributed by atoms with van der Waals surface area (Å²) in [5.41, 5.74) is 1.49. The summed E-state index contributed by atoms with van der Waals surface area (Å²) >= 11 is 0. The van der Waals surface area contributed by atoms with Crippen molar-refractivity contribution in [2.24, 2.45) is 0 Å². The molecule has 0 unspecified atom stereocenters. The lowest BCUT2D eigenvalue weighted by Crippen LogP contribution is -2.42. The van der Waals surface area contributed by atoms with Crippen LogP contribution in [0.4, 0.5) is 0 Å². The molecule has 21 heavy (non-hydrogen) atoms. The highest BCUT2D eigenvalue weighted by Gasteiger charge is 2.28. The Morgan fingerprint density at radius 2 is 1.90 bits per heavy atom. The van der Waals surface area contributed by atoms with Gasteiger partial charge in [0.1, 0.15) is 6.04 Å². The second kappa shape index (κ2) is 6.24. The average Bonchev–Trinajstić information content (AvgIpc) is 2.46. The van der Waals surface area contributed by atoms with E-state index in [1.54, 1.807) is 18.2 Å². The van der Waals surface area contributed by atoms with Crippen LogP contribution in [0.25, 0.3) is 0 Å². The number of aryl methyl sites for hydroxylation is 1. The number of carboxylic acid groups (broad SMARTS) is 1. The molecular formula is C15H17NO4S. The van der Waals surface area contributed by atoms with Crippen molar-refractivity contribution in [3.8, 4) is 0 Å². The summed E-state index contributed by atoms with van der Waals surface area (Å²) in [5.74, 6) is -1.20. The summed E-state index contributed by atoms with van der Waals surface area (Å²) in [7, 11) is -3.87. The van der Waals surface area contributed by atoms with Crippen LogP contribution in [-0.2, 0) is 14.8 Å². The van der Waals surface area contributed by atoms with E-state index >= 15 is 0 Å². The maximum Gasteiger partial charge on any atom is 0.326 e. The van der Waals surface area contributed by atoms with Gasteiger partial charge in [-0.15, -0.1) is 0 Å². The summed E-state index contributed by atoms with van der Waals surface area (Å²) in [6.45, 7) is 1.85. The van der Waals surface area contributed by atoms with Crippen LogP contribution >= 0.6 is 0 Å². The molecule has 5 nitrogen and oxygen atoms in total. The standard InChI is InChI=1S/C15H17NO4S/c1-11-7-9-13(10-8-11)21(19,20)16-14(15(17)18)12-5-3-2-4-6-12/h2-3,6-10,14,16H,4-5H2,1H3,(H,17,18)/t14-/m1/s1. The van der Waals surface area contributed by atoms with Crippen LogP contribution in [-0.4, -0.2) is 25.5 Å². The van der Waals surface area contributed by atoms with Gasteiger partial charge in [0.2, 0.25) is 10.0 Å². The second-order valence-corrected chi connectivity index (χ2v) is 6.61. The lowest BCUT2D eigenvalue weighted by atomic mass is 9.99. The molecule has 1 aliphatic carbocycles. The number of benzene rings is 1. The summed E-state index contributed by atoms with van der Waals surface area (Å²) in [4.78, 5) is 11.4. The fraction of sp³-hybridized carbons (Fsp3) is 0.267. The minimum atomic E-state index is -3.87. The predicted molar refractivity (Wildman–Crippen MR) is 79.4 cm³/mol. The van der Waals surface area contributed by atoms with E-state index in [2.05, 4.69) is 4.72 Å². The smallest absolute Gasteiger partial charge is 0.326 e. The molecule has 0 saturated heterocycles. The Morgan fingerprint density at radius 3 is 2.43 bits per heavy atom. The van der Waals surface area contributed by atoms with Gasteiger partial charge >= 0.3 is 5.97 Å². The monoisotopic (exact) mass is 307 g/mol. The molecule has 1 aromatic rings. The fourth-order valence-corrected chi connectivity index (χ4v) is 3.27. The molecule has 0 spiro atoms. The molecule has 1 atom stereocenters. The Labute approximate surface area is 124 Å². The van der Waals surface area contributed by atoms with Crippen molar-refractivity contribution in [2.45, 2.75) is 30.7 Å². The Bertz CT molecular complexity index is 687. The zero-order chi connectivity index (χ0) is 15.5. The molecule has 0 radical (unpaired) electrons. The molecule has 112 valence electrons. The lowest BCUT2D eigenvalue weighted by molar-refractivity contribution is -0.138. The number of hydrogen-bond donors (Lipinski definition) is 2. The summed E-state index contributed by atoms with van der Waals surface area (Å²) < 4.78 is 26.8. The zero-order valence-corrected chi connectivity index (χ0v) is 12.4. The fourth-order valence-electron chi connectivity index (χ4n) is 2.08. The van der Waals surface area contributed by atoms with Crippen LogP contribution in [0, 0.1) is 6.92 Å². The number of allylic oxidation sites excluding steroid dienone is 3. The maximum absolute atomic E-state index is 12.3. The minimum Gasteiger partial charge on any atom is -0.480 e. The SMILES string of the molecule is Cc1ccc(S(=O)(=O)N[C@@H](C(=O)O)C2=CCC=CC2)cc1. The third kappa shape index (κ3) is 3.80. The van der Waals surface area contributed by atoms with Crippen molar-refractivity contribution >= 4 is 16.0 Å². The highest BCUT2D eigenvalue weighted by Crippen LogP contribution is 2.18.